The van der Waals surface area contributed by atoms with Crippen LogP contribution in [0.15, 0.2) is 158 Å². The lowest BCUT2D eigenvalue weighted by atomic mass is 10.0. The van der Waals surface area contributed by atoms with Gasteiger partial charge in [0.2, 0.25) is 0 Å². The second-order valence-electron chi connectivity index (χ2n) is 13.0. The Morgan fingerprint density at radius 3 is 1.26 bits per heavy atom. The number of aromatic nitrogens is 7. The summed E-state index contributed by atoms with van der Waals surface area (Å²) in [6, 6.07) is 50.1. The van der Waals surface area contributed by atoms with Crippen molar-refractivity contribution in [2.75, 3.05) is 0 Å². The molecule has 8 nitrogen and oxygen atoms in total. The van der Waals surface area contributed by atoms with Crippen LogP contribution >= 0.6 is 0 Å². The standard InChI is InChI=1S/C46H26N8/c47-27-28-11-13-33(14-12-28)44-52-45(36-7-1-5-34(25-36)38-21-19-31-17-15-29-9-3-23-48-40(29)42(31)50-38)54-46(53-44)37-8-2-6-35(26-37)39-22-20-32-18-16-30-10-4-24-49-41(30)43(32)51-39/h1-26H. The third-order valence-electron chi connectivity index (χ3n) is 9.60. The van der Waals surface area contributed by atoms with Crippen molar-refractivity contribution in [2.24, 2.45) is 0 Å². The Morgan fingerprint density at radius 1 is 0.352 bits per heavy atom. The molecular formula is C46H26N8. The van der Waals surface area contributed by atoms with Gasteiger partial charge in [0.1, 0.15) is 0 Å². The molecule has 0 N–H and O–H groups in total. The molecule has 0 bridgehead atoms. The van der Waals surface area contributed by atoms with Crippen LogP contribution in [-0.2, 0) is 0 Å². The first-order valence-electron chi connectivity index (χ1n) is 17.4. The van der Waals surface area contributed by atoms with Gasteiger partial charge in [-0.05, 0) is 60.7 Å². The summed E-state index contributed by atoms with van der Waals surface area (Å²) in [7, 11) is 0. The highest BCUT2D eigenvalue weighted by molar-refractivity contribution is 6.04. The van der Waals surface area contributed by atoms with Gasteiger partial charge in [0.25, 0.3) is 0 Å². The van der Waals surface area contributed by atoms with E-state index in [1.807, 2.05) is 84.9 Å². The highest BCUT2D eigenvalue weighted by Crippen LogP contribution is 2.32. The molecule has 0 fully saturated rings. The van der Waals surface area contributed by atoms with Crippen LogP contribution in [0.4, 0.5) is 0 Å². The number of rotatable bonds is 5. The fraction of sp³-hybridized carbons (Fsp3) is 0. The van der Waals surface area contributed by atoms with E-state index in [9.17, 15) is 5.26 Å². The molecule has 5 aromatic heterocycles. The Labute approximate surface area is 309 Å². The maximum atomic E-state index is 9.44. The summed E-state index contributed by atoms with van der Waals surface area (Å²) in [4.78, 5) is 34.4. The molecule has 0 saturated carbocycles. The van der Waals surface area contributed by atoms with Crippen LogP contribution in [0.2, 0.25) is 0 Å². The minimum absolute atomic E-state index is 0.498. The fourth-order valence-electron chi connectivity index (χ4n) is 6.86. The summed E-state index contributed by atoms with van der Waals surface area (Å²) >= 11 is 0. The van der Waals surface area contributed by atoms with Crippen molar-refractivity contribution in [3.05, 3.63) is 164 Å². The highest BCUT2D eigenvalue weighted by atomic mass is 15.0. The second-order valence-corrected chi connectivity index (χ2v) is 13.0. The van der Waals surface area contributed by atoms with E-state index in [4.69, 9.17) is 24.9 Å². The molecule has 5 aromatic carbocycles. The average Bonchev–Trinajstić information content (AvgIpc) is 3.26. The Bertz CT molecular complexity index is 2950. The summed E-state index contributed by atoms with van der Waals surface area (Å²) in [6.07, 6.45) is 3.60. The molecule has 8 heteroatoms. The maximum absolute atomic E-state index is 9.44. The van der Waals surface area contributed by atoms with E-state index in [1.54, 1.807) is 24.5 Å². The van der Waals surface area contributed by atoms with Crippen LogP contribution in [0, 0.1) is 11.3 Å². The molecule has 0 aliphatic carbocycles. The van der Waals surface area contributed by atoms with E-state index in [0.717, 1.165) is 82.8 Å². The smallest absolute Gasteiger partial charge is 0.164 e. The number of benzene rings is 5. The van der Waals surface area contributed by atoms with Gasteiger partial charge < -0.3 is 0 Å². The first-order chi connectivity index (χ1) is 26.7. The second kappa shape index (κ2) is 12.8. The number of nitrogens with zero attached hydrogens (tertiary/aromatic N) is 8. The van der Waals surface area contributed by atoms with Crippen molar-refractivity contribution in [1.82, 2.24) is 34.9 Å². The van der Waals surface area contributed by atoms with E-state index in [2.05, 4.69) is 64.6 Å². The van der Waals surface area contributed by atoms with E-state index in [1.165, 1.54) is 0 Å². The predicted molar refractivity (Wildman–Crippen MR) is 213 cm³/mol. The molecule has 0 spiro atoms. The lowest BCUT2D eigenvalue weighted by molar-refractivity contribution is 1.07. The van der Waals surface area contributed by atoms with Crippen molar-refractivity contribution in [3.63, 3.8) is 0 Å². The molecule has 54 heavy (non-hydrogen) atoms. The lowest BCUT2D eigenvalue weighted by Gasteiger charge is -2.11. The van der Waals surface area contributed by atoms with Crippen molar-refractivity contribution in [1.29, 1.82) is 5.26 Å². The molecule has 0 atom stereocenters. The summed E-state index contributed by atoms with van der Waals surface area (Å²) in [5.41, 5.74) is 9.91. The topological polar surface area (TPSA) is 114 Å². The number of nitriles is 1. The zero-order valence-corrected chi connectivity index (χ0v) is 28.6. The fourth-order valence-corrected chi connectivity index (χ4v) is 6.86. The molecule has 0 radical (unpaired) electrons. The van der Waals surface area contributed by atoms with Gasteiger partial charge in [0.05, 0.1) is 45.1 Å². The lowest BCUT2D eigenvalue weighted by Crippen LogP contribution is -2.00. The van der Waals surface area contributed by atoms with Gasteiger partial charge in [0, 0.05) is 61.8 Å². The SMILES string of the molecule is N#Cc1ccc(-c2nc(-c3cccc(-c4ccc5ccc6cccnc6c5n4)c3)nc(-c3cccc(-c4ccc5ccc6cccnc6c5n4)c3)n2)cc1. The monoisotopic (exact) mass is 690 g/mol. The highest BCUT2D eigenvalue weighted by Gasteiger charge is 2.15. The molecule has 0 saturated heterocycles. The van der Waals surface area contributed by atoms with E-state index < -0.39 is 0 Å². The van der Waals surface area contributed by atoms with Crippen LogP contribution < -0.4 is 0 Å². The molecule has 0 unspecified atom stereocenters. The van der Waals surface area contributed by atoms with Gasteiger partial charge in [-0.15, -0.1) is 0 Å². The van der Waals surface area contributed by atoms with Crippen LogP contribution in [0.5, 0.6) is 0 Å². The minimum Gasteiger partial charge on any atom is -0.254 e. The molecule has 10 rings (SSSR count). The van der Waals surface area contributed by atoms with Gasteiger partial charge in [0.15, 0.2) is 17.5 Å². The molecule has 5 heterocycles. The minimum atomic E-state index is 0.498. The normalized spacial score (nSPS) is 11.3. The number of pyridine rings is 4. The van der Waals surface area contributed by atoms with Gasteiger partial charge in [-0.25, -0.2) is 24.9 Å². The van der Waals surface area contributed by atoms with Gasteiger partial charge >= 0.3 is 0 Å². The van der Waals surface area contributed by atoms with Crippen molar-refractivity contribution in [3.8, 4) is 62.7 Å². The molecular weight excluding hydrogens is 665 g/mol. The quantitative estimate of drug-likeness (QED) is 0.164. The molecule has 0 aliphatic heterocycles. The summed E-state index contributed by atoms with van der Waals surface area (Å²) in [5, 5.41) is 13.6. The summed E-state index contributed by atoms with van der Waals surface area (Å²) < 4.78 is 0. The Balaban J connectivity index is 1.09. The van der Waals surface area contributed by atoms with Crippen LogP contribution in [0.25, 0.3) is 100 Å². The van der Waals surface area contributed by atoms with Crippen molar-refractivity contribution in [2.45, 2.75) is 0 Å². The first-order valence-corrected chi connectivity index (χ1v) is 17.4. The van der Waals surface area contributed by atoms with Gasteiger partial charge in [-0.1, -0.05) is 84.9 Å². The van der Waals surface area contributed by atoms with Crippen molar-refractivity contribution < 1.29 is 0 Å². The number of fused-ring (bicyclic) bond motifs is 6. The molecule has 0 aliphatic rings. The Kier molecular flexibility index (Phi) is 7.34. The maximum Gasteiger partial charge on any atom is 0.164 e. The van der Waals surface area contributed by atoms with Gasteiger partial charge in [-0.3, -0.25) is 9.97 Å². The van der Waals surface area contributed by atoms with E-state index >= 15 is 0 Å². The Morgan fingerprint density at radius 2 is 0.778 bits per heavy atom. The third-order valence-corrected chi connectivity index (χ3v) is 9.60. The first kappa shape index (κ1) is 31.0. The molecule has 10 aromatic rings. The van der Waals surface area contributed by atoms with Crippen molar-refractivity contribution >= 4 is 43.6 Å². The number of hydrogen-bond donors (Lipinski definition) is 0. The zero-order valence-electron chi connectivity index (χ0n) is 28.6. The van der Waals surface area contributed by atoms with Gasteiger partial charge in [-0.2, -0.15) is 5.26 Å². The van der Waals surface area contributed by atoms with E-state index in [0.29, 0.717) is 23.0 Å². The van der Waals surface area contributed by atoms with Crippen LogP contribution in [0.3, 0.4) is 0 Å². The summed E-state index contributed by atoms with van der Waals surface area (Å²) in [6.45, 7) is 0. The number of hydrogen-bond acceptors (Lipinski definition) is 8. The predicted octanol–water partition coefficient (Wildman–Crippen LogP) is 10.3. The van der Waals surface area contributed by atoms with Crippen LogP contribution in [0.1, 0.15) is 5.56 Å². The summed E-state index contributed by atoms with van der Waals surface area (Å²) in [5.74, 6) is 1.53. The van der Waals surface area contributed by atoms with E-state index in [-0.39, 0.29) is 0 Å². The largest absolute Gasteiger partial charge is 0.254 e. The average molecular weight is 691 g/mol. The Hall–Kier alpha value is -7.76. The zero-order chi connectivity index (χ0) is 36.0. The van der Waals surface area contributed by atoms with Crippen LogP contribution in [-0.4, -0.2) is 34.9 Å². The molecule has 250 valence electrons. The third kappa shape index (κ3) is 5.54. The molecule has 0 amide bonds.